The number of carbonyl (C=O) groups excluding carboxylic acids is 2. The van der Waals surface area contributed by atoms with Crippen molar-refractivity contribution in [3.8, 4) is 0 Å². The van der Waals surface area contributed by atoms with Crippen molar-refractivity contribution in [2.24, 2.45) is 0 Å². The van der Waals surface area contributed by atoms with Crippen LogP contribution in [0.5, 0.6) is 0 Å². The van der Waals surface area contributed by atoms with Crippen LogP contribution in [0.4, 0.5) is 11.4 Å². The van der Waals surface area contributed by atoms with E-state index in [9.17, 15) is 9.59 Å². The molecule has 148 valence electrons. The Morgan fingerprint density at radius 1 is 1.03 bits per heavy atom. The van der Waals surface area contributed by atoms with Gasteiger partial charge in [0.25, 0.3) is 11.8 Å². The van der Waals surface area contributed by atoms with E-state index in [1.807, 2.05) is 49.4 Å². The summed E-state index contributed by atoms with van der Waals surface area (Å²) in [5.41, 5.74) is 3.56. The zero-order valence-corrected chi connectivity index (χ0v) is 16.9. The van der Waals surface area contributed by atoms with E-state index in [1.54, 1.807) is 12.1 Å². The summed E-state index contributed by atoms with van der Waals surface area (Å²) in [6, 6.07) is 15.2. The molecule has 2 amide bonds. The first-order valence-electron chi connectivity index (χ1n) is 9.44. The van der Waals surface area contributed by atoms with Crippen LogP contribution in [0, 0.1) is 6.92 Å². The molecule has 6 nitrogen and oxygen atoms in total. The monoisotopic (exact) mass is 407 g/mol. The molecule has 29 heavy (non-hydrogen) atoms. The lowest BCUT2D eigenvalue weighted by atomic mass is 10.1. The first-order chi connectivity index (χ1) is 14.0. The quantitative estimate of drug-likeness (QED) is 0.482. The lowest BCUT2D eigenvalue weighted by molar-refractivity contribution is -0.122. The van der Waals surface area contributed by atoms with E-state index >= 15 is 0 Å². The number of nitrogens with one attached hydrogen (secondary N) is 1. The van der Waals surface area contributed by atoms with Gasteiger partial charge in [0.1, 0.15) is 5.57 Å². The van der Waals surface area contributed by atoms with Gasteiger partial charge < -0.3 is 9.64 Å². The predicted molar refractivity (Wildman–Crippen MR) is 117 cm³/mol. The summed E-state index contributed by atoms with van der Waals surface area (Å²) in [6.45, 7) is 5.07. The van der Waals surface area contributed by atoms with E-state index in [2.05, 4.69) is 10.2 Å². The van der Waals surface area contributed by atoms with Gasteiger partial charge in [-0.05, 0) is 60.6 Å². The Morgan fingerprint density at radius 3 is 2.45 bits per heavy atom. The van der Waals surface area contributed by atoms with Crippen molar-refractivity contribution < 1.29 is 14.3 Å². The molecule has 0 spiro atoms. The van der Waals surface area contributed by atoms with Crippen LogP contribution in [0.15, 0.2) is 54.1 Å². The summed E-state index contributed by atoms with van der Waals surface area (Å²) < 4.78 is 5.38. The van der Waals surface area contributed by atoms with Gasteiger partial charge in [0, 0.05) is 18.8 Å². The third-order valence-electron chi connectivity index (χ3n) is 4.94. The number of amides is 2. The van der Waals surface area contributed by atoms with Gasteiger partial charge in [0.05, 0.1) is 18.9 Å². The Bertz CT molecular complexity index is 995. The second kappa shape index (κ2) is 8.14. The highest BCUT2D eigenvalue weighted by Gasteiger charge is 2.34. The van der Waals surface area contributed by atoms with Crippen LogP contribution >= 0.6 is 12.2 Å². The van der Waals surface area contributed by atoms with Crippen LogP contribution in [0.2, 0.25) is 0 Å². The highest BCUT2D eigenvalue weighted by molar-refractivity contribution is 7.80. The van der Waals surface area contributed by atoms with Crippen molar-refractivity contribution in [1.29, 1.82) is 0 Å². The second-order valence-electron chi connectivity index (χ2n) is 6.99. The van der Waals surface area contributed by atoms with E-state index in [-0.39, 0.29) is 10.7 Å². The van der Waals surface area contributed by atoms with E-state index < -0.39 is 11.8 Å². The van der Waals surface area contributed by atoms with Gasteiger partial charge in [-0.1, -0.05) is 24.3 Å². The number of morpholine rings is 1. The molecule has 1 N–H and O–H groups in total. The minimum atomic E-state index is -0.485. The average Bonchev–Trinajstić information content (AvgIpc) is 2.72. The van der Waals surface area contributed by atoms with Crippen LogP contribution in [-0.2, 0) is 14.3 Å². The maximum Gasteiger partial charge on any atom is 0.270 e. The van der Waals surface area contributed by atoms with Gasteiger partial charge in [-0.15, -0.1) is 0 Å². The predicted octanol–water partition coefficient (Wildman–Crippen LogP) is 2.66. The molecule has 2 aromatic rings. The van der Waals surface area contributed by atoms with Gasteiger partial charge in [0.15, 0.2) is 5.11 Å². The summed E-state index contributed by atoms with van der Waals surface area (Å²) >= 11 is 5.24. The van der Waals surface area contributed by atoms with Crippen LogP contribution < -0.4 is 15.1 Å². The molecule has 2 aliphatic heterocycles. The highest BCUT2D eigenvalue weighted by Crippen LogP contribution is 2.24. The molecule has 0 radical (unpaired) electrons. The molecule has 0 saturated carbocycles. The Kier molecular flexibility index (Phi) is 5.42. The smallest absolute Gasteiger partial charge is 0.270 e. The standard InChI is InChI=1S/C22H21N3O3S/c1-15-3-2-4-18(13-15)25-21(27)19(20(26)23-22(25)29)14-16-5-7-17(8-6-16)24-9-11-28-12-10-24/h2-8,13-14H,9-12H2,1H3,(H,23,26,29)/b19-14+. The molecule has 2 aromatic carbocycles. The Labute approximate surface area is 174 Å². The Morgan fingerprint density at radius 2 is 1.76 bits per heavy atom. The van der Waals surface area contributed by atoms with Crippen molar-refractivity contribution in [3.05, 3.63) is 65.2 Å². The van der Waals surface area contributed by atoms with Crippen LogP contribution in [-0.4, -0.2) is 43.2 Å². The van der Waals surface area contributed by atoms with Gasteiger partial charge in [-0.2, -0.15) is 0 Å². The lowest BCUT2D eigenvalue weighted by Gasteiger charge is -2.29. The van der Waals surface area contributed by atoms with E-state index in [1.165, 1.54) is 4.90 Å². The van der Waals surface area contributed by atoms with Crippen molar-refractivity contribution >= 4 is 46.6 Å². The fourth-order valence-electron chi connectivity index (χ4n) is 3.43. The number of anilines is 2. The normalized spacial score (nSPS) is 18.9. The fourth-order valence-corrected chi connectivity index (χ4v) is 3.71. The average molecular weight is 407 g/mol. The minimum Gasteiger partial charge on any atom is -0.378 e. The molecular formula is C22H21N3O3S. The lowest BCUT2D eigenvalue weighted by Crippen LogP contribution is -2.54. The maximum atomic E-state index is 13.1. The third-order valence-corrected chi connectivity index (χ3v) is 5.23. The van der Waals surface area contributed by atoms with Crippen molar-refractivity contribution in [2.45, 2.75) is 6.92 Å². The molecular weight excluding hydrogens is 386 g/mol. The number of aryl methyl sites for hydroxylation is 1. The van der Waals surface area contributed by atoms with Crippen molar-refractivity contribution in [2.75, 3.05) is 36.1 Å². The number of hydrogen-bond donors (Lipinski definition) is 1. The molecule has 0 unspecified atom stereocenters. The van der Waals surface area contributed by atoms with Crippen LogP contribution in [0.25, 0.3) is 6.08 Å². The third kappa shape index (κ3) is 4.06. The Balaban J connectivity index is 1.60. The number of rotatable bonds is 3. The largest absolute Gasteiger partial charge is 0.378 e. The van der Waals surface area contributed by atoms with Gasteiger partial charge in [-0.25, -0.2) is 0 Å². The van der Waals surface area contributed by atoms with Crippen LogP contribution in [0.1, 0.15) is 11.1 Å². The molecule has 0 bridgehead atoms. The molecule has 2 fully saturated rings. The highest BCUT2D eigenvalue weighted by atomic mass is 32.1. The van der Waals surface area contributed by atoms with Gasteiger partial charge in [-0.3, -0.25) is 19.8 Å². The SMILES string of the molecule is Cc1cccc(N2C(=O)/C(=C/c3ccc(N4CCOCC4)cc3)C(=O)NC2=S)c1. The minimum absolute atomic E-state index is 0.0548. The number of thiocarbonyl (C=S) groups is 1. The maximum absolute atomic E-state index is 13.1. The molecule has 7 heteroatoms. The first kappa shape index (κ1) is 19.3. The number of hydrogen-bond acceptors (Lipinski definition) is 5. The zero-order chi connectivity index (χ0) is 20.4. The summed E-state index contributed by atoms with van der Waals surface area (Å²) in [5.74, 6) is -0.914. The van der Waals surface area contributed by atoms with Crippen LogP contribution in [0.3, 0.4) is 0 Å². The van der Waals surface area contributed by atoms with Crippen molar-refractivity contribution in [1.82, 2.24) is 5.32 Å². The fraction of sp³-hybridized carbons (Fsp3) is 0.227. The number of carbonyl (C=O) groups is 2. The molecule has 2 aliphatic rings. The summed E-state index contributed by atoms with van der Waals surface area (Å²) in [7, 11) is 0. The number of benzene rings is 2. The molecule has 0 aromatic heterocycles. The molecule has 2 saturated heterocycles. The molecule has 4 rings (SSSR count). The summed E-state index contributed by atoms with van der Waals surface area (Å²) in [4.78, 5) is 29.1. The summed E-state index contributed by atoms with van der Waals surface area (Å²) in [5, 5.41) is 2.71. The van der Waals surface area contributed by atoms with E-state index in [0.29, 0.717) is 5.69 Å². The zero-order valence-electron chi connectivity index (χ0n) is 16.1. The van der Waals surface area contributed by atoms with E-state index in [0.717, 1.165) is 43.1 Å². The first-order valence-corrected chi connectivity index (χ1v) is 9.84. The topological polar surface area (TPSA) is 61.9 Å². The summed E-state index contributed by atoms with van der Waals surface area (Å²) in [6.07, 6.45) is 1.60. The molecule has 2 heterocycles. The van der Waals surface area contributed by atoms with Crippen molar-refractivity contribution in [3.63, 3.8) is 0 Å². The van der Waals surface area contributed by atoms with Gasteiger partial charge in [0.2, 0.25) is 0 Å². The molecule has 0 atom stereocenters. The Hall–Kier alpha value is -3.03. The van der Waals surface area contributed by atoms with E-state index in [4.69, 9.17) is 17.0 Å². The molecule has 0 aliphatic carbocycles. The number of ether oxygens (including phenoxy) is 1. The second-order valence-corrected chi connectivity index (χ2v) is 7.37. The van der Waals surface area contributed by atoms with Gasteiger partial charge >= 0.3 is 0 Å². The number of nitrogens with zero attached hydrogens (tertiary/aromatic N) is 2.